The molecule has 106 valence electrons. The summed E-state index contributed by atoms with van der Waals surface area (Å²) in [6.07, 6.45) is 4.99. The first-order valence-electron chi connectivity index (χ1n) is 5.19. The Labute approximate surface area is 114 Å². The summed E-state index contributed by atoms with van der Waals surface area (Å²) >= 11 is 0. The van der Waals surface area contributed by atoms with Gasteiger partial charge in [-0.3, -0.25) is 14.9 Å². The van der Waals surface area contributed by atoms with E-state index in [1.54, 1.807) is 0 Å². The minimum absolute atomic E-state index is 0.484. The van der Waals surface area contributed by atoms with Gasteiger partial charge < -0.3 is 5.11 Å². The highest BCUT2D eigenvalue weighted by Gasteiger charge is 2.32. The van der Waals surface area contributed by atoms with Crippen molar-refractivity contribution in [1.29, 1.82) is 0 Å². The Morgan fingerprint density at radius 1 is 1.45 bits per heavy atom. The molecule has 0 aliphatic rings. The second-order valence-corrected chi connectivity index (χ2v) is 5.50. The molecule has 0 atom stereocenters. The number of nitro benzene ring substituents is 1. The molecule has 0 amide bonds. The Hall–Kier alpha value is -2.44. The number of hydrogen-bond acceptors (Lipinski definition) is 5. The average molecular weight is 298 g/mol. The predicted molar refractivity (Wildman–Crippen MR) is 68.3 cm³/mol. The fraction of sp³-hybridized carbons (Fsp3) is 0.182. The van der Waals surface area contributed by atoms with Crippen LogP contribution in [-0.2, 0) is 14.8 Å². The molecule has 0 aromatic heterocycles. The van der Waals surface area contributed by atoms with Gasteiger partial charge in [0.2, 0.25) is 0 Å². The van der Waals surface area contributed by atoms with Gasteiger partial charge in [0.05, 0.1) is 11.5 Å². The van der Waals surface area contributed by atoms with Crippen molar-refractivity contribution in [2.24, 2.45) is 0 Å². The van der Waals surface area contributed by atoms with Crippen LogP contribution in [0.25, 0.3) is 0 Å². The van der Waals surface area contributed by atoms with E-state index in [2.05, 4.69) is 0 Å². The van der Waals surface area contributed by atoms with E-state index in [1.807, 2.05) is 5.92 Å². The number of rotatable bonds is 6. The SMILES string of the molecule is C#CCN(CC(=O)O)S(=O)(=O)c1ccccc1[N+](=O)[O-]. The Bertz CT molecular complexity index is 676. The van der Waals surface area contributed by atoms with Crippen molar-refractivity contribution in [3.05, 3.63) is 34.4 Å². The molecule has 0 aliphatic carbocycles. The molecule has 0 heterocycles. The standard InChI is InChI=1S/C11H10N2O6S/c1-2-7-12(8-11(14)15)20(18,19)10-6-4-3-5-9(10)13(16)17/h1,3-6H,7-8H2,(H,14,15). The van der Waals surface area contributed by atoms with Gasteiger partial charge in [0.1, 0.15) is 6.54 Å². The largest absolute Gasteiger partial charge is 0.480 e. The van der Waals surface area contributed by atoms with Gasteiger partial charge in [0.25, 0.3) is 15.7 Å². The summed E-state index contributed by atoms with van der Waals surface area (Å²) in [5, 5.41) is 19.5. The maximum atomic E-state index is 12.2. The third-order valence-corrected chi connectivity index (χ3v) is 4.10. The van der Waals surface area contributed by atoms with Gasteiger partial charge in [0.15, 0.2) is 4.90 Å². The molecular weight excluding hydrogens is 288 g/mol. The van der Waals surface area contributed by atoms with Gasteiger partial charge in [-0.05, 0) is 6.07 Å². The van der Waals surface area contributed by atoms with Gasteiger partial charge in [0, 0.05) is 6.07 Å². The molecule has 0 aliphatic heterocycles. The molecule has 0 spiro atoms. The number of para-hydroxylation sites is 1. The Morgan fingerprint density at radius 2 is 2.05 bits per heavy atom. The number of hydrogen-bond donors (Lipinski definition) is 1. The summed E-state index contributed by atoms with van der Waals surface area (Å²) in [5.41, 5.74) is -0.639. The summed E-state index contributed by atoms with van der Waals surface area (Å²) in [7, 11) is -4.37. The van der Waals surface area contributed by atoms with E-state index in [0.717, 1.165) is 12.1 Å². The van der Waals surface area contributed by atoms with Crippen LogP contribution in [0.15, 0.2) is 29.2 Å². The molecule has 0 saturated carbocycles. The molecule has 1 rings (SSSR count). The third-order valence-electron chi connectivity index (χ3n) is 2.26. The van der Waals surface area contributed by atoms with Crippen LogP contribution in [0, 0.1) is 22.5 Å². The quantitative estimate of drug-likeness (QED) is 0.458. The van der Waals surface area contributed by atoms with Crippen LogP contribution in [0.2, 0.25) is 0 Å². The number of benzene rings is 1. The minimum Gasteiger partial charge on any atom is -0.480 e. The van der Waals surface area contributed by atoms with Gasteiger partial charge in [-0.1, -0.05) is 18.1 Å². The monoisotopic (exact) mass is 298 g/mol. The van der Waals surface area contributed by atoms with E-state index >= 15 is 0 Å². The Kier molecular flexibility index (Phi) is 4.79. The van der Waals surface area contributed by atoms with Crippen molar-refractivity contribution < 1.29 is 23.2 Å². The molecular formula is C11H10N2O6S. The Morgan fingerprint density at radius 3 is 2.55 bits per heavy atom. The zero-order valence-corrected chi connectivity index (χ0v) is 10.9. The first kappa shape index (κ1) is 15.6. The summed E-state index contributed by atoms with van der Waals surface area (Å²) in [5.74, 6) is 0.597. The number of carbonyl (C=O) groups is 1. The lowest BCUT2D eigenvalue weighted by Gasteiger charge is -2.17. The second-order valence-electron chi connectivity index (χ2n) is 3.60. The highest BCUT2D eigenvalue weighted by atomic mass is 32.2. The zero-order valence-electron chi connectivity index (χ0n) is 10.1. The lowest BCUT2D eigenvalue weighted by molar-refractivity contribution is -0.387. The molecule has 0 unspecified atom stereocenters. The van der Waals surface area contributed by atoms with Crippen LogP contribution in [-0.4, -0.2) is 41.8 Å². The third kappa shape index (κ3) is 3.31. The molecule has 1 N–H and O–H groups in total. The fourth-order valence-corrected chi connectivity index (χ4v) is 2.90. The van der Waals surface area contributed by atoms with Crippen molar-refractivity contribution in [3.8, 4) is 12.3 Å². The molecule has 1 aromatic rings. The molecule has 0 bridgehead atoms. The predicted octanol–water partition coefficient (Wildman–Crippen LogP) is 0.303. The summed E-state index contributed by atoms with van der Waals surface area (Å²) < 4.78 is 25.0. The van der Waals surface area contributed by atoms with Gasteiger partial charge in [-0.25, -0.2) is 8.42 Å². The number of aliphatic carboxylic acids is 1. The number of terminal acetylenes is 1. The maximum Gasteiger partial charge on any atom is 0.318 e. The number of sulfonamides is 1. The first-order chi connectivity index (χ1) is 9.30. The average Bonchev–Trinajstić information content (AvgIpc) is 2.37. The van der Waals surface area contributed by atoms with Crippen molar-refractivity contribution in [3.63, 3.8) is 0 Å². The van der Waals surface area contributed by atoms with Crippen molar-refractivity contribution in [1.82, 2.24) is 4.31 Å². The molecule has 1 aromatic carbocycles. The van der Waals surface area contributed by atoms with Gasteiger partial charge in [-0.2, -0.15) is 4.31 Å². The topological polar surface area (TPSA) is 118 Å². The zero-order chi connectivity index (χ0) is 15.3. The number of nitrogens with zero attached hydrogens (tertiary/aromatic N) is 2. The van der Waals surface area contributed by atoms with Crippen LogP contribution < -0.4 is 0 Å². The molecule has 8 nitrogen and oxygen atoms in total. The fourth-order valence-electron chi connectivity index (χ4n) is 1.44. The van der Waals surface area contributed by atoms with E-state index in [-0.39, 0.29) is 0 Å². The van der Waals surface area contributed by atoms with E-state index in [1.165, 1.54) is 12.1 Å². The lowest BCUT2D eigenvalue weighted by atomic mass is 10.3. The number of nitro groups is 1. The summed E-state index contributed by atoms with van der Waals surface area (Å²) in [6, 6.07) is 4.65. The van der Waals surface area contributed by atoms with Crippen LogP contribution in [0.5, 0.6) is 0 Å². The molecule has 9 heteroatoms. The van der Waals surface area contributed by atoms with E-state index < -0.39 is 44.6 Å². The van der Waals surface area contributed by atoms with Crippen LogP contribution in [0.1, 0.15) is 0 Å². The number of carboxylic acid groups (broad SMARTS) is 1. The van der Waals surface area contributed by atoms with Crippen molar-refractivity contribution in [2.75, 3.05) is 13.1 Å². The van der Waals surface area contributed by atoms with Gasteiger partial charge in [-0.15, -0.1) is 6.42 Å². The van der Waals surface area contributed by atoms with Gasteiger partial charge >= 0.3 is 5.97 Å². The normalized spacial score (nSPS) is 11.0. The van der Waals surface area contributed by atoms with E-state index in [4.69, 9.17) is 11.5 Å². The molecule has 20 heavy (non-hydrogen) atoms. The van der Waals surface area contributed by atoms with Crippen molar-refractivity contribution in [2.45, 2.75) is 4.90 Å². The maximum absolute atomic E-state index is 12.2. The highest BCUT2D eigenvalue weighted by molar-refractivity contribution is 7.89. The highest BCUT2D eigenvalue weighted by Crippen LogP contribution is 2.25. The van der Waals surface area contributed by atoms with Crippen LogP contribution >= 0.6 is 0 Å². The smallest absolute Gasteiger partial charge is 0.318 e. The second kappa shape index (κ2) is 6.14. The summed E-state index contributed by atoms with van der Waals surface area (Å²) in [6.45, 7) is -1.38. The molecule has 0 fully saturated rings. The van der Waals surface area contributed by atoms with E-state index in [0.29, 0.717) is 4.31 Å². The molecule has 0 radical (unpaired) electrons. The minimum atomic E-state index is -4.37. The summed E-state index contributed by atoms with van der Waals surface area (Å²) in [4.78, 5) is 20.1. The van der Waals surface area contributed by atoms with Crippen LogP contribution in [0.4, 0.5) is 5.69 Å². The van der Waals surface area contributed by atoms with E-state index in [9.17, 15) is 23.3 Å². The van der Waals surface area contributed by atoms with Crippen LogP contribution in [0.3, 0.4) is 0 Å². The Balaban J connectivity index is 3.37. The number of carboxylic acids is 1. The molecule has 0 saturated heterocycles. The lowest BCUT2D eigenvalue weighted by Crippen LogP contribution is -2.36. The first-order valence-corrected chi connectivity index (χ1v) is 6.63. The van der Waals surface area contributed by atoms with Crippen molar-refractivity contribution >= 4 is 21.7 Å².